The fourth-order valence-electron chi connectivity index (χ4n) is 3.52. The Morgan fingerprint density at radius 1 is 1.00 bits per heavy atom. The molecule has 0 bridgehead atoms. The van der Waals surface area contributed by atoms with Crippen LogP contribution in [0.25, 0.3) is 0 Å². The molecule has 0 aliphatic carbocycles. The normalized spacial score (nSPS) is 21.1. The summed E-state index contributed by atoms with van der Waals surface area (Å²) in [5.41, 5.74) is 1.52. The van der Waals surface area contributed by atoms with Gasteiger partial charge in [-0.2, -0.15) is 4.31 Å². The minimum Gasteiger partial charge on any atom is -0.481 e. The van der Waals surface area contributed by atoms with Gasteiger partial charge >= 0.3 is 0 Å². The molecule has 7 heteroatoms. The molecular weight excluding hydrogens is 413 g/mol. The van der Waals surface area contributed by atoms with Crippen LogP contribution in [0, 0.1) is 5.82 Å². The molecule has 2 atom stereocenters. The Morgan fingerprint density at radius 3 is 2.38 bits per heavy atom. The summed E-state index contributed by atoms with van der Waals surface area (Å²) >= 11 is 6.32. The number of hydrogen-bond donors (Lipinski definition) is 0. The van der Waals surface area contributed by atoms with Crippen molar-refractivity contribution in [3.63, 3.8) is 0 Å². The second-order valence-corrected chi connectivity index (χ2v) is 9.20. The van der Waals surface area contributed by atoms with Crippen molar-refractivity contribution in [1.82, 2.24) is 4.31 Å². The fraction of sp³-hybridized carbons (Fsp3) is 0.182. The first-order valence-corrected chi connectivity index (χ1v) is 11.0. The summed E-state index contributed by atoms with van der Waals surface area (Å²) in [5.74, 6) is -0.223. The standard InChI is InChI=1S/C22H19ClFNO3S/c1-15-21(17-6-3-2-4-7-17)28-22-19(23)8-5-9-20(22)29(26,27)25(15)14-16-10-12-18(24)13-11-16/h2-13,15,21H,14H2,1H3. The maximum Gasteiger partial charge on any atom is 0.247 e. The predicted molar refractivity (Wildman–Crippen MR) is 110 cm³/mol. The van der Waals surface area contributed by atoms with Gasteiger partial charge in [0, 0.05) is 6.54 Å². The van der Waals surface area contributed by atoms with E-state index in [-0.39, 0.29) is 28.0 Å². The molecule has 0 spiro atoms. The van der Waals surface area contributed by atoms with E-state index in [4.69, 9.17) is 16.3 Å². The number of sulfonamides is 1. The van der Waals surface area contributed by atoms with Gasteiger partial charge in [0.2, 0.25) is 10.0 Å². The number of benzene rings is 3. The number of fused-ring (bicyclic) bond motifs is 1. The Kier molecular flexibility index (Phi) is 5.34. The van der Waals surface area contributed by atoms with Crippen LogP contribution >= 0.6 is 11.6 Å². The third-order valence-electron chi connectivity index (χ3n) is 5.03. The zero-order valence-electron chi connectivity index (χ0n) is 15.6. The summed E-state index contributed by atoms with van der Waals surface area (Å²) < 4.78 is 48.0. The smallest absolute Gasteiger partial charge is 0.247 e. The maximum absolute atomic E-state index is 13.5. The molecule has 0 amide bonds. The largest absolute Gasteiger partial charge is 0.481 e. The van der Waals surface area contributed by atoms with E-state index < -0.39 is 22.2 Å². The van der Waals surface area contributed by atoms with Crippen LogP contribution in [-0.2, 0) is 16.6 Å². The fourth-order valence-corrected chi connectivity index (χ4v) is 5.55. The minimum atomic E-state index is -3.91. The summed E-state index contributed by atoms with van der Waals surface area (Å²) in [6.45, 7) is 1.89. The molecular formula is C22H19ClFNO3S. The van der Waals surface area contributed by atoms with E-state index in [1.807, 2.05) is 30.3 Å². The molecule has 4 nitrogen and oxygen atoms in total. The van der Waals surface area contributed by atoms with Crippen LogP contribution in [0.3, 0.4) is 0 Å². The van der Waals surface area contributed by atoms with Crippen LogP contribution < -0.4 is 4.74 Å². The SMILES string of the molecule is CC1C(c2ccccc2)Oc2c(Cl)cccc2S(=O)(=O)N1Cc1ccc(F)cc1. The monoisotopic (exact) mass is 431 g/mol. The van der Waals surface area contributed by atoms with Crippen LogP contribution in [0.1, 0.15) is 24.2 Å². The first-order chi connectivity index (χ1) is 13.9. The van der Waals surface area contributed by atoms with E-state index in [9.17, 15) is 12.8 Å². The first kappa shape index (κ1) is 19.9. The number of nitrogens with zero attached hydrogens (tertiary/aromatic N) is 1. The molecule has 0 saturated carbocycles. The van der Waals surface area contributed by atoms with Crippen molar-refractivity contribution < 1.29 is 17.5 Å². The second kappa shape index (κ2) is 7.78. The molecule has 29 heavy (non-hydrogen) atoms. The number of hydrogen-bond acceptors (Lipinski definition) is 3. The molecule has 1 aliphatic heterocycles. The average molecular weight is 432 g/mol. The van der Waals surface area contributed by atoms with Gasteiger partial charge in [0.25, 0.3) is 0 Å². The van der Waals surface area contributed by atoms with Crippen molar-refractivity contribution in [2.75, 3.05) is 0 Å². The topological polar surface area (TPSA) is 46.6 Å². The Hall–Kier alpha value is -2.41. The van der Waals surface area contributed by atoms with Crippen LogP contribution in [0.2, 0.25) is 5.02 Å². The predicted octanol–water partition coefficient (Wildman–Crippen LogP) is 5.19. The number of para-hydroxylation sites is 1. The maximum atomic E-state index is 13.5. The number of ether oxygens (including phenoxy) is 1. The van der Waals surface area contributed by atoms with E-state index in [0.29, 0.717) is 5.56 Å². The van der Waals surface area contributed by atoms with Gasteiger partial charge in [-0.1, -0.05) is 60.1 Å². The molecule has 150 valence electrons. The summed E-state index contributed by atoms with van der Waals surface area (Å²) in [6, 6.07) is 19.4. The van der Waals surface area contributed by atoms with Gasteiger partial charge in [0.05, 0.1) is 11.1 Å². The quantitative estimate of drug-likeness (QED) is 0.573. The molecule has 3 aromatic carbocycles. The number of rotatable bonds is 3. The highest BCUT2D eigenvalue weighted by Crippen LogP contribution is 2.43. The molecule has 2 unspecified atom stereocenters. The molecule has 0 aromatic heterocycles. The van der Waals surface area contributed by atoms with Gasteiger partial charge in [-0.05, 0) is 42.3 Å². The van der Waals surface area contributed by atoms with Gasteiger partial charge in [-0.15, -0.1) is 0 Å². The van der Waals surface area contributed by atoms with Crippen molar-refractivity contribution in [2.24, 2.45) is 0 Å². The zero-order chi connectivity index (χ0) is 20.6. The summed E-state index contributed by atoms with van der Waals surface area (Å²) in [5, 5.41) is 0.239. The molecule has 0 radical (unpaired) electrons. The zero-order valence-corrected chi connectivity index (χ0v) is 17.2. The molecule has 1 aliphatic rings. The number of halogens is 2. The van der Waals surface area contributed by atoms with Crippen LogP contribution in [-0.4, -0.2) is 18.8 Å². The molecule has 1 heterocycles. The third-order valence-corrected chi connectivity index (χ3v) is 7.29. The molecule has 0 fully saturated rings. The van der Waals surface area contributed by atoms with E-state index in [1.54, 1.807) is 31.2 Å². The Bertz CT molecular complexity index is 1120. The van der Waals surface area contributed by atoms with Crippen LogP contribution in [0.5, 0.6) is 5.75 Å². The first-order valence-electron chi connectivity index (χ1n) is 9.14. The highest BCUT2D eigenvalue weighted by molar-refractivity contribution is 7.89. The van der Waals surface area contributed by atoms with Gasteiger partial charge in [0.15, 0.2) is 5.75 Å². The lowest BCUT2D eigenvalue weighted by Crippen LogP contribution is -2.41. The van der Waals surface area contributed by atoms with Crippen LogP contribution in [0.15, 0.2) is 77.7 Å². The van der Waals surface area contributed by atoms with Crippen molar-refractivity contribution >= 4 is 21.6 Å². The van der Waals surface area contributed by atoms with E-state index in [1.165, 1.54) is 22.5 Å². The molecule has 3 aromatic rings. The summed E-state index contributed by atoms with van der Waals surface area (Å²) in [7, 11) is -3.91. The molecule has 0 saturated heterocycles. The minimum absolute atomic E-state index is 0.0254. The summed E-state index contributed by atoms with van der Waals surface area (Å²) in [6.07, 6.45) is -0.562. The van der Waals surface area contributed by atoms with E-state index in [2.05, 4.69) is 0 Å². The molecule has 0 N–H and O–H groups in total. The van der Waals surface area contributed by atoms with Gasteiger partial charge < -0.3 is 4.74 Å². The van der Waals surface area contributed by atoms with Gasteiger partial charge in [0.1, 0.15) is 16.8 Å². The van der Waals surface area contributed by atoms with Crippen LogP contribution in [0.4, 0.5) is 4.39 Å². The van der Waals surface area contributed by atoms with Crippen molar-refractivity contribution in [3.8, 4) is 5.75 Å². The van der Waals surface area contributed by atoms with Gasteiger partial charge in [-0.25, -0.2) is 12.8 Å². The lowest BCUT2D eigenvalue weighted by atomic mass is 10.0. The summed E-state index contributed by atoms with van der Waals surface area (Å²) in [4.78, 5) is 0.0254. The highest BCUT2D eigenvalue weighted by Gasteiger charge is 2.41. The lowest BCUT2D eigenvalue weighted by Gasteiger charge is -2.30. The Labute approximate surface area is 174 Å². The third kappa shape index (κ3) is 3.75. The molecule has 4 rings (SSSR count). The highest BCUT2D eigenvalue weighted by atomic mass is 35.5. The van der Waals surface area contributed by atoms with E-state index in [0.717, 1.165) is 5.56 Å². The van der Waals surface area contributed by atoms with Crippen molar-refractivity contribution in [1.29, 1.82) is 0 Å². The Balaban J connectivity index is 1.86. The van der Waals surface area contributed by atoms with E-state index >= 15 is 0 Å². The van der Waals surface area contributed by atoms with Crippen molar-refractivity contribution in [3.05, 3.63) is 94.8 Å². The Morgan fingerprint density at radius 2 is 1.69 bits per heavy atom. The lowest BCUT2D eigenvalue weighted by molar-refractivity contribution is 0.124. The van der Waals surface area contributed by atoms with Crippen molar-refractivity contribution in [2.45, 2.75) is 30.5 Å². The second-order valence-electron chi connectivity index (χ2n) is 6.93. The van der Waals surface area contributed by atoms with Gasteiger partial charge in [-0.3, -0.25) is 0 Å². The average Bonchev–Trinajstić information content (AvgIpc) is 2.79.